The number of hydrogen-bond acceptors (Lipinski definition) is 2. The smallest absolute Gasteiger partial charge is 0.373 e. The Bertz CT molecular complexity index is 864. The Morgan fingerprint density at radius 1 is 0.867 bits per heavy atom. The molecule has 1 aliphatic heterocycles. The molecule has 1 unspecified atom stereocenters. The van der Waals surface area contributed by atoms with Crippen LogP contribution in [0.15, 0.2) is 60.3 Å². The Labute approximate surface area is 174 Å². The minimum atomic E-state index is -4.28. The molecule has 1 saturated heterocycles. The molecular weight excluding hydrogens is 392 g/mol. The van der Waals surface area contributed by atoms with E-state index in [1.165, 1.54) is 30.0 Å². The van der Waals surface area contributed by atoms with Gasteiger partial charge in [0.15, 0.2) is 0 Å². The zero-order valence-corrected chi connectivity index (χ0v) is 16.8. The van der Waals surface area contributed by atoms with Gasteiger partial charge in [-0.1, -0.05) is 30.3 Å². The SMILES string of the molecule is Fc1ccc(CN2CCN(C3=CCC(c4ccc(C(F)(F)F)cc4)CC3)CC2)cc1. The van der Waals surface area contributed by atoms with Crippen LogP contribution in [-0.4, -0.2) is 36.0 Å². The molecule has 0 amide bonds. The van der Waals surface area contributed by atoms with Crippen LogP contribution in [0.5, 0.6) is 0 Å². The Morgan fingerprint density at radius 3 is 2.10 bits per heavy atom. The number of alkyl halides is 3. The number of piperazine rings is 1. The third-order valence-corrected chi connectivity index (χ3v) is 6.19. The van der Waals surface area contributed by atoms with Crippen molar-refractivity contribution < 1.29 is 17.6 Å². The van der Waals surface area contributed by atoms with Crippen molar-refractivity contribution in [3.05, 3.63) is 82.8 Å². The van der Waals surface area contributed by atoms with Crippen molar-refractivity contribution in [1.29, 1.82) is 0 Å². The first-order chi connectivity index (χ1) is 14.4. The van der Waals surface area contributed by atoms with Crippen LogP contribution in [0.2, 0.25) is 0 Å². The minimum Gasteiger partial charge on any atom is -0.373 e. The highest BCUT2D eigenvalue weighted by Crippen LogP contribution is 2.35. The Morgan fingerprint density at radius 2 is 1.53 bits per heavy atom. The highest BCUT2D eigenvalue weighted by molar-refractivity contribution is 5.29. The third-order valence-electron chi connectivity index (χ3n) is 6.19. The zero-order valence-electron chi connectivity index (χ0n) is 16.8. The fourth-order valence-electron chi connectivity index (χ4n) is 4.40. The molecule has 2 aliphatic rings. The molecule has 6 heteroatoms. The molecule has 160 valence electrons. The third kappa shape index (κ3) is 5.04. The van der Waals surface area contributed by atoms with Gasteiger partial charge in [0.2, 0.25) is 0 Å². The molecule has 2 aromatic carbocycles. The Kier molecular flexibility index (Phi) is 6.14. The summed E-state index contributed by atoms with van der Waals surface area (Å²) in [7, 11) is 0. The van der Waals surface area contributed by atoms with Crippen molar-refractivity contribution >= 4 is 0 Å². The lowest BCUT2D eigenvalue weighted by Gasteiger charge is -2.39. The molecule has 1 fully saturated rings. The highest BCUT2D eigenvalue weighted by atomic mass is 19.4. The van der Waals surface area contributed by atoms with E-state index < -0.39 is 11.7 Å². The number of nitrogens with zero attached hydrogens (tertiary/aromatic N) is 2. The molecular formula is C24H26F4N2. The van der Waals surface area contributed by atoms with Crippen LogP contribution >= 0.6 is 0 Å². The maximum Gasteiger partial charge on any atom is 0.416 e. The molecule has 30 heavy (non-hydrogen) atoms. The number of halogens is 4. The van der Waals surface area contributed by atoms with Crippen molar-refractivity contribution in [3.8, 4) is 0 Å². The standard InChI is InChI=1S/C24H26F4N2/c25-22-9-1-18(2-10-22)17-29-13-15-30(16-14-29)23-11-5-20(6-12-23)19-3-7-21(8-4-19)24(26,27)28/h1-4,7-11,20H,5-6,12-17H2. The average molecular weight is 418 g/mol. The molecule has 0 saturated carbocycles. The van der Waals surface area contributed by atoms with E-state index in [0.29, 0.717) is 0 Å². The summed E-state index contributed by atoms with van der Waals surface area (Å²) in [6.45, 7) is 4.72. The number of hydrogen-bond donors (Lipinski definition) is 0. The second kappa shape index (κ2) is 8.80. The predicted molar refractivity (Wildman–Crippen MR) is 109 cm³/mol. The molecule has 0 bridgehead atoms. The van der Waals surface area contributed by atoms with E-state index in [4.69, 9.17) is 0 Å². The van der Waals surface area contributed by atoms with Gasteiger partial charge in [0.05, 0.1) is 5.56 Å². The topological polar surface area (TPSA) is 6.48 Å². The van der Waals surface area contributed by atoms with Gasteiger partial charge in [-0.3, -0.25) is 4.90 Å². The first-order valence-corrected chi connectivity index (χ1v) is 10.5. The molecule has 2 nitrogen and oxygen atoms in total. The monoisotopic (exact) mass is 418 g/mol. The minimum absolute atomic E-state index is 0.206. The van der Waals surface area contributed by atoms with E-state index in [-0.39, 0.29) is 11.7 Å². The van der Waals surface area contributed by atoms with Crippen LogP contribution in [0.1, 0.15) is 41.9 Å². The van der Waals surface area contributed by atoms with Crippen molar-refractivity contribution in [2.24, 2.45) is 0 Å². The first kappa shape index (κ1) is 20.9. The Hall–Kier alpha value is -2.34. The Balaban J connectivity index is 1.28. The summed E-state index contributed by atoms with van der Waals surface area (Å²) in [6.07, 6.45) is 0.783. The normalized spacial score (nSPS) is 20.9. The quantitative estimate of drug-likeness (QED) is 0.578. The molecule has 4 rings (SSSR count). The molecule has 0 aromatic heterocycles. The second-order valence-electron chi connectivity index (χ2n) is 8.18. The van der Waals surface area contributed by atoms with Gasteiger partial charge in [-0.25, -0.2) is 4.39 Å². The molecule has 0 spiro atoms. The molecule has 2 aromatic rings. The van der Waals surface area contributed by atoms with Gasteiger partial charge in [-0.05, 0) is 60.6 Å². The summed E-state index contributed by atoms with van der Waals surface area (Å²) in [6, 6.07) is 12.3. The lowest BCUT2D eigenvalue weighted by atomic mass is 9.85. The van der Waals surface area contributed by atoms with Crippen molar-refractivity contribution in [3.63, 3.8) is 0 Å². The highest BCUT2D eigenvalue weighted by Gasteiger charge is 2.30. The van der Waals surface area contributed by atoms with Crippen LogP contribution < -0.4 is 0 Å². The van der Waals surface area contributed by atoms with Gasteiger partial charge in [-0.15, -0.1) is 0 Å². The van der Waals surface area contributed by atoms with E-state index in [2.05, 4.69) is 15.9 Å². The zero-order chi connectivity index (χ0) is 21.1. The van der Waals surface area contributed by atoms with Gasteiger partial charge in [0, 0.05) is 38.4 Å². The van der Waals surface area contributed by atoms with Gasteiger partial charge in [0.25, 0.3) is 0 Å². The van der Waals surface area contributed by atoms with E-state index >= 15 is 0 Å². The summed E-state index contributed by atoms with van der Waals surface area (Å²) >= 11 is 0. The van der Waals surface area contributed by atoms with E-state index in [9.17, 15) is 17.6 Å². The predicted octanol–water partition coefficient (Wildman–Crippen LogP) is 5.81. The number of rotatable bonds is 4. The second-order valence-corrected chi connectivity index (χ2v) is 8.18. The maximum absolute atomic E-state index is 13.1. The van der Waals surface area contributed by atoms with Gasteiger partial charge >= 0.3 is 6.18 Å². The van der Waals surface area contributed by atoms with Crippen LogP contribution in [-0.2, 0) is 12.7 Å². The largest absolute Gasteiger partial charge is 0.416 e. The molecule has 0 radical (unpaired) electrons. The molecule has 0 N–H and O–H groups in total. The lowest BCUT2D eigenvalue weighted by molar-refractivity contribution is -0.137. The average Bonchev–Trinajstić information content (AvgIpc) is 2.76. The van der Waals surface area contributed by atoms with Gasteiger partial charge in [0.1, 0.15) is 5.82 Å². The fourth-order valence-corrected chi connectivity index (χ4v) is 4.40. The van der Waals surface area contributed by atoms with E-state index in [1.807, 2.05) is 12.1 Å². The number of benzene rings is 2. The van der Waals surface area contributed by atoms with E-state index in [1.54, 1.807) is 12.1 Å². The summed E-state index contributed by atoms with van der Waals surface area (Å²) in [5.74, 6) is 0.0817. The first-order valence-electron chi connectivity index (χ1n) is 10.5. The van der Waals surface area contributed by atoms with E-state index in [0.717, 1.165) is 63.1 Å². The fraction of sp³-hybridized carbons (Fsp3) is 0.417. The van der Waals surface area contributed by atoms with Gasteiger partial charge in [-0.2, -0.15) is 13.2 Å². The number of allylic oxidation sites excluding steroid dienone is 2. The summed E-state index contributed by atoms with van der Waals surface area (Å²) in [4.78, 5) is 4.82. The summed E-state index contributed by atoms with van der Waals surface area (Å²) in [5.41, 5.74) is 2.89. The van der Waals surface area contributed by atoms with Gasteiger partial charge < -0.3 is 4.90 Å². The summed E-state index contributed by atoms with van der Waals surface area (Å²) in [5, 5.41) is 0. The van der Waals surface area contributed by atoms with Crippen LogP contribution in [0.4, 0.5) is 17.6 Å². The van der Waals surface area contributed by atoms with Crippen molar-refractivity contribution in [2.45, 2.75) is 37.9 Å². The van der Waals surface area contributed by atoms with Crippen LogP contribution in [0, 0.1) is 5.82 Å². The summed E-state index contributed by atoms with van der Waals surface area (Å²) < 4.78 is 51.3. The maximum atomic E-state index is 13.1. The lowest BCUT2D eigenvalue weighted by Crippen LogP contribution is -2.45. The molecule has 1 atom stereocenters. The molecule has 1 aliphatic carbocycles. The van der Waals surface area contributed by atoms with Crippen molar-refractivity contribution in [2.75, 3.05) is 26.2 Å². The van der Waals surface area contributed by atoms with Crippen molar-refractivity contribution in [1.82, 2.24) is 9.80 Å². The van der Waals surface area contributed by atoms with Crippen LogP contribution in [0.25, 0.3) is 0 Å². The molecule has 1 heterocycles. The van der Waals surface area contributed by atoms with Crippen LogP contribution in [0.3, 0.4) is 0 Å².